The van der Waals surface area contributed by atoms with E-state index >= 15 is 0 Å². The van der Waals surface area contributed by atoms with Gasteiger partial charge in [0.25, 0.3) is 0 Å². The third kappa shape index (κ3) is 1.75. The molecule has 5 heteroatoms. The summed E-state index contributed by atoms with van der Waals surface area (Å²) in [4.78, 5) is 0. The van der Waals surface area contributed by atoms with E-state index in [-0.39, 0.29) is 0 Å². The topological polar surface area (TPSA) is 43.6 Å². The minimum atomic E-state index is 0.380. The first kappa shape index (κ1) is 9.15. The molecule has 0 saturated carbocycles. The Balaban J connectivity index is 2.33. The number of rotatable bonds is 2. The van der Waals surface area contributed by atoms with Crippen LogP contribution >= 0.6 is 11.6 Å². The maximum absolute atomic E-state index is 5.60. The fraction of sp³-hybridized carbons (Fsp3) is 0.222. The van der Waals surface area contributed by atoms with Crippen LogP contribution in [0, 0.1) is 6.92 Å². The summed E-state index contributed by atoms with van der Waals surface area (Å²) in [6.07, 6.45) is 3.67. The SMILES string of the molecule is Cc1cnn(-c2ccc(CCl)nn2)c1. The van der Waals surface area contributed by atoms with Gasteiger partial charge in [-0.05, 0) is 24.6 Å². The maximum Gasteiger partial charge on any atom is 0.175 e. The van der Waals surface area contributed by atoms with E-state index in [4.69, 9.17) is 11.6 Å². The molecule has 72 valence electrons. The van der Waals surface area contributed by atoms with Gasteiger partial charge >= 0.3 is 0 Å². The van der Waals surface area contributed by atoms with Crippen LogP contribution in [0.4, 0.5) is 0 Å². The standard InChI is InChI=1S/C9H9ClN4/c1-7-5-11-14(6-7)9-3-2-8(4-10)12-13-9/h2-3,5-6H,4H2,1H3. The van der Waals surface area contributed by atoms with Crippen LogP contribution in [0.1, 0.15) is 11.3 Å². The molecule has 0 spiro atoms. The third-order valence-electron chi connectivity index (χ3n) is 1.79. The fourth-order valence-electron chi connectivity index (χ4n) is 1.08. The molecule has 2 rings (SSSR count). The van der Waals surface area contributed by atoms with Crippen LogP contribution in [-0.2, 0) is 5.88 Å². The Bertz CT molecular complexity index is 421. The number of aromatic nitrogens is 4. The van der Waals surface area contributed by atoms with E-state index in [2.05, 4.69) is 15.3 Å². The highest BCUT2D eigenvalue weighted by Crippen LogP contribution is 2.05. The second-order valence-electron chi connectivity index (χ2n) is 2.98. The maximum atomic E-state index is 5.60. The number of hydrogen-bond acceptors (Lipinski definition) is 3. The van der Waals surface area contributed by atoms with Crippen LogP contribution in [0.5, 0.6) is 0 Å². The van der Waals surface area contributed by atoms with Crippen molar-refractivity contribution in [1.82, 2.24) is 20.0 Å². The van der Waals surface area contributed by atoms with Crippen molar-refractivity contribution in [1.29, 1.82) is 0 Å². The zero-order valence-electron chi connectivity index (χ0n) is 7.68. The van der Waals surface area contributed by atoms with Crippen LogP contribution in [0.2, 0.25) is 0 Å². The van der Waals surface area contributed by atoms with Gasteiger partial charge in [-0.1, -0.05) is 0 Å². The lowest BCUT2D eigenvalue weighted by molar-refractivity contribution is 0.804. The van der Waals surface area contributed by atoms with E-state index in [1.807, 2.05) is 25.3 Å². The van der Waals surface area contributed by atoms with E-state index in [0.717, 1.165) is 11.3 Å². The average molecular weight is 209 g/mol. The van der Waals surface area contributed by atoms with Crippen molar-refractivity contribution in [3.8, 4) is 5.82 Å². The molecular weight excluding hydrogens is 200 g/mol. The van der Waals surface area contributed by atoms with Crippen LogP contribution < -0.4 is 0 Å². The lowest BCUT2D eigenvalue weighted by atomic mass is 10.4. The summed E-state index contributed by atoms with van der Waals surface area (Å²) < 4.78 is 1.68. The molecule has 2 aromatic heterocycles. The smallest absolute Gasteiger partial charge is 0.175 e. The highest BCUT2D eigenvalue weighted by Gasteiger charge is 2.00. The monoisotopic (exact) mass is 208 g/mol. The van der Waals surface area contributed by atoms with Crippen molar-refractivity contribution < 1.29 is 0 Å². The van der Waals surface area contributed by atoms with Crippen LogP contribution in [0.25, 0.3) is 5.82 Å². The fourth-order valence-corrected chi connectivity index (χ4v) is 1.23. The van der Waals surface area contributed by atoms with Crippen molar-refractivity contribution >= 4 is 11.6 Å². The van der Waals surface area contributed by atoms with Crippen LogP contribution in [-0.4, -0.2) is 20.0 Å². The van der Waals surface area contributed by atoms with Gasteiger partial charge in [0.05, 0.1) is 17.8 Å². The van der Waals surface area contributed by atoms with Gasteiger partial charge in [-0.25, -0.2) is 4.68 Å². The number of alkyl halides is 1. The average Bonchev–Trinajstić information content (AvgIpc) is 2.65. The van der Waals surface area contributed by atoms with Crippen LogP contribution in [0.15, 0.2) is 24.5 Å². The molecule has 2 heterocycles. The van der Waals surface area contributed by atoms with E-state index < -0.39 is 0 Å². The Morgan fingerprint density at radius 2 is 2.21 bits per heavy atom. The lowest BCUT2D eigenvalue weighted by Crippen LogP contribution is -2.00. The molecule has 0 N–H and O–H groups in total. The molecule has 4 nitrogen and oxygen atoms in total. The molecule has 0 aliphatic carbocycles. The van der Waals surface area contributed by atoms with Gasteiger partial charge in [-0.3, -0.25) is 0 Å². The summed E-state index contributed by atoms with van der Waals surface area (Å²) in [5.74, 6) is 1.08. The van der Waals surface area contributed by atoms with Crippen molar-refractivity contribution in [2.75, 3.05) is 0 Å². The predicted octanol–water partition coefficient (Wildman–Crippen LogP) is 1.71. The van der Waals surface area contributed by atoms with Crippen molar-refractivity contribution in [2.24, 2.45) is 0 Å². The third-order valence-corrected chi connectivity index (χ3v) is 2.06. The number of nitrogens with zero attached hydrogens (tertiary/aromatic N) is 4. The van der Waals surface area contributed by atoms with Gasteiger partial charge in [0, 0.05) is 6.20 Å². The Morgan fingerprint density at radius 3 is 2.71 bits per heavy atom. The van der Waals surface area contributed by atoms with Crippen molar-refractivity contribution in [3.05, 3.63) is 35.8 Å². The molecule has 0 fully saturated rings. The summed E-state index contributed by atoms with van der Waals surface area (Å²) in [5, 5.41) is 12.1. The largest absolute Gasteiger partial charge is 0.221 e. The second kappa shape index (κ2) is 3.75. The molecule has 0 aliphatic rings. The lowest BCUT2D eigenvalue weighted by Gasteiger charge is -1.98. The van der Waals surface area contributed by atoms with Gasteiger partial charge < -0.3 is 0 Å². The van der Waals surface area contributed by atoms with Crippen LogP contribution in [0.3, 0.4) is 0 Å². The first-order valence-corrected chi connectivity index (χ1v) is 4.73. The van der Waals surface area contributed by atoms with E-state index in [9.17, 15) is 0 Å². The summed E-state index contributed by atoms with van der Waals surface area (Å²) in [7, 11) is 0. The Morgan fingerprint density at radius 1 is 1.36 bits per heavy atom. The minimum absolute atomic E-state index is 0.380. The van der Waals surface area contributed by atoms with Gasteiger partial charge in [0.15, 0.2) is 5.82 Å². The molecular formula is C9H9ClN4. The van der Waals surface area contributed by atoms with E-state index in [1.165, 1.54) is 0 Å². The first-order chi connectivity index (χ1) is 6.79. The van der Waals surface area contributed by atoms with Crippen molar-refractivity contribution in [3.63, 3.8) is 0 Å². The predicted molar refractivity (Wildman–Crippen MR) is 53.4 cm³/mol. The van der Waals surface area contributed by atoms with Gasteiger partial charge in [0.2, 0.25) is 0 Å². The summed E-state index contributed by atoms with van der Waals surface area (Å²) in [5.41, 5.74) is 1.85. The highest BCUT2D eigenvalue weighted by molar-refractivity contribution is 6.16. The highest BCUT2D eigenvalue weighted by atomic mass is 35.5. The molecule has 2 aromatic rings. The Kier molecular flexibility index (Phi) is 2.45. The van der Waals surface area contributed by atoms with Gasteiger partial charge in [-0.15, -0.1) is 16.7 Å². The molecule has 0 unspecified atom stereocenters. The normalized spacial score (nSPS) is 10.4. The van der Waals surface area contributed by atoms with E-state index in [0.29, 0.717) is 11.7 Å². The molecule has 14 heavy (non-hydrogen) atoms. The molecule has 0 atom stereocenters. The number of halogens is 1. The number of hydrogen-bond donors (Lipinski definition) is 0. The minimum Gasteiger partial charge on any atom is -0.221 e. The zero-order chi connectivity index (χ0) is 9.97. The number of aryl methyl sites for hydroxylation is 1. The zero-order valence-corrected chi connectivity index (χ0v) is 8.44. The quantitative estimate of drug-likeness (QED) is 0.706. The Labute approximate surface area is 86.5 Å². The molecule has 0 aliphatic heterocycles. The summed E-state index contributed by atoms with van der Waals surface area (Å²) in [6, 6.07) is 3.68. The molecule has 0 radical (unpaired) electrons. The molecule has 0 bridgehead atoms. The first-order valence-electron chi connectivity index (χ1n) is 4.20. The van der Waals surface area contributed by atoms with Gasteiger partial charge in [0.1, 0.15) is 0 Å². The molecule has 0 aromatic carbocycles. The van der Waals surface area contributed by atoms with Gasteiger partial charge in [-0.2, -0.15) is 10.2 Å². The Hall–Kier alpha value is -1.42. The second-order valence-corrected chi connectivity index (χ2v) is 3.25. The van der Waals surface area contributed by atoms with Crippen molar-refractivity contribution in [2.45, 2.75) is 12.8 Å². The van der Waals surface area contributed by atoms with E-state index in [1.54, 1.807) is 10.9 Å². The summed E-state index contributed by atoms with van der Waals surface area (Å²) >= 11 is 5.60. The summed E-state index contributed by atoms with van der Waals surface area (Å²) in [6.45, 7) is 1.98. The molecule has 0 amide bonds. The molecule has 0 saturated heterocycles.